The molecule has 0 aromatic rings. The van der Waals surface area contributed by atoms with Crippen molar-refractivity contribution in [2.24, 2.45) is 11.3 Å². The number of rotatable bonds is 4. The maximum absolute atomic E-state index is 12.2. The van der Waals surface area contributed by atoms with Gasteiger partial charge in [0.25, 0.3) is 6.43 Å². The second kappa shape index (κ2) is 5.24. The highest BCUT2D eigenvalue weighted by atomic mass is 19.3. The topological polar surface area (TPSA) is 3.24 Å². The molecule has 0 spiro atoms. The molecule has 1 aliphatic rings. The van der Waals surface area contributed by atoms with Crippen LogP contribution in [0.4, 0.5) is 8.78 Å². The van der Waals surface area contributed by atoms with Crippen LogP contribution < -0.4 is 0 Å². The highest BCUT2D eigenvalue weighted by Gasteiger charge is 2.35. The van der Waals surface area contributed by atoms with E-state index < -0.39 is 6.43 Å². The summed E-state index contributed by atoms with van der Waals surface area (Å²) < 4.78 is 24.4. The molecule has 0 radical (unpaired) electrons. The Labute approximate surface area is 91.8 Å². The summed E-state index contributed by atoms with van der Waals surface area (Å²) in [6, 6.07) is 0. The lowest BCUT2D eigenvalue weighted by Crippen LogP contribution is -2.43. The number of alkyl halides is 2. The molecule has 3 heteroatoms. The van der Waals surface area contributed by atoms with E-state index in [1.807, 2.05) is 4.90 Å². The third-order valence-electron chi connectivity index (χ3n) is 4.18. The minimum Gasteiger partial charge on any atom is -0.298 e. The van der Waals surface area contributed by atoms with Crippen molar-refractivity contribution in [2.75, 3.05) is 19.6 Å². The molecule has 1 nitrogen and oxygen atoms in total. The second-order valence-corrected chi connectivity index (χ2v) is 5.06. The molecular weight excluding hydrogens is 196 g/mol. The Hall–Kier alpha value is -0.180. The number of halogens is 2. The minimum atomic E-state index is -2.18. The standard InChI is InChI=1S/C12H23F2N/c1-4-12(10(2)3)5-7-15(8-6-12)9-11(13)14/h10-11H,4-9H2,1-3H3. The van der Waals surface area contributed by atoms with Crippen molar-refractivity contribution in [3.63, 3.8) is 0 Å². The van der Waals surface area contributed by atoms with Gasteiger partial charge >= 0.3 is 0 Å². The zero-order valence-electron chi connectivity index (χ0n) is 10.1. The summed E-state index contributed by atoms with van der Waals surface area (Å²) in [5.74, 6) is 0.663. The molecule has 1 rings (SSSR count). The van der Waals surface area contributed by atoms with E-state index >= 15 is 0 Å². The highest BCUT2D eigenvalue weighted by molar-refractivity contribution is 4.87. The summed E-state index contributed by atoms with van der Waals surface area (Å²) in [4.78, 5) is 1.90. The van der Waals surface area contributed by atoms with E-state index in [0.29, 0.717) is 11.3 Å². The van der Waals surface area contributed by atoms with Crippen LogP contribution >= 0.6 is 0 Å². The van der Waals surface area contributed by atoms with Gasteiger partial charge in [0.2, 0.25) is 0 Å². The van der Waals surface area contributed by atoms with Gasteiger partial charge in [-0.25, -0.2) is 8.78 Å². The fourth-order valence-electron chi connectivity index (χ4n) is 2.72. The Morgan fingerprint density at radius 2 is 1.73 bits per heavy atom. The van der Waals surface area contributed by atoms with Crippen LogP contribution in [0.2, 0.25) is 0 Å². The van der Waals surface area contributed by atoms with Crippen molar-refractivity contribution in [1.82, 2.24) is 4.90 Å². The van der Waals surface area contributed by atoms with Gasteiger partial charge in [-0.1, -0.05) is 27.2 Å². The normalized spacial score (nSPS) is 22.6. The minimum absolute atomic E-state index is 0.0438. The van der Waals surface area contributed by atoms with Crippen LogP contribution in [0.25, 0.3) is 0 Å². The first-order valence-corrected chi connectivity index (χ1v) is 6.00. The number of hydrogen-bond donors (Lipinski definition) is 0. The molecular formula is C12H23F2N. The van der Waals surface area contributed by atoms with Crippen molar-refractivity contribution >= 4 is 0 Å². The Kier molecular flexibility index (Phi) is 4.50. The van der Waals surface area contributed by atoms with E-state index in [-0.39, 0.29) is 6.54 Å². The monoisotopic (exact) mass is 219 g/mol. The molecule has 0 atom stereocenters. The SMILES string of the molecule is CCC1(C(C)C)CCN(CC(F)F)CC1. The van der Waals surface area contributed by atoms with E-state index in [9.17, 15) is 8.78 Å². The molecule has 1 aliphatic heterocycles. The Morgan fingerprint density at radius 3 is 2.07 bits per heavy atom. The Bertz CT molecular complexity index is 184. The van der Waals surface area contributed by atoms with Crippen LogP contribution in [0.3, 0.4) is 0 Å². The van der Waals surface area contributed by atoms with Crippen LogP contribution in [0.1, 0.15) is 40.0 Å². The summed E-state index contributed by atoms with van der Waals surface area (Å²) in [7, 11) is 0. The summed E-state index contributed by atoms with van der Waals surface area (Å²) in [6.07, 6.45) is 1.15. The lowest BCUT2D eigenvalue weighted by Gasteiger charge is -2.44. The molecule has 0 bridgehead atoms. The Balaban J connectivity index is 2.46. The molecule has 0 aliphatic carbocycles. The second-order valence-electron chi connectivity index (χ2n) is 5.06. The maximum Gasteiger partial charge on any atom is 0.251 e. The van der Waals surface area contributed by atoms with E-state index in [2.05, 4.69) is 20.8 Å². The molecule has 15 heavy (non-hydrogen) atoms. The number of likely N-dealkylation sites (tertiary alicyclic amines) is 1. The predicted molar refractivity (Wildman–Crippen MR) is 59.2 cm³/mol. The zero-order valence-corrected chi connectivity index (χ0v) is 10.1. The molecule has 0 aromatic heterocycles. The number of piperidine rings is 1. The third-order valence-corrected chi connectivity index (χ3v) is 4.18. The van der Waals surface area contributed by atoms with Gasteiger partial charge in [0.05, 0.1) is 6.54 Å². The van der Waals surface area contributed by atoms with Gasteiger partial charge in [0, 0.05) is 0 Å². The smallest absolute Gasteiger partial charge is 0.251 e. The predicted octanol–water partition coefficient (Wildman–Crippen LogP) is 3.40. The van der Waals surface area contributed by atoms with Crippen molar-refractivity contribution < 1.29 is 8.78 Å². The average Bonchev–Trinajstić information content (AvgIpc) is 2.18. The lowest BCUT2D eigenvalue weighted by molar-refractivity contribution is 0.0220. The first-order chi connectivity index (χ1) is 7.00. The van der Waals surface area contributed by atoms with E-state index in [1.54, 1.807) is 0 Å². The number of nitrogens with zero attached hydrogens (tertiary/aromatic N) is 1. The van der Waals surface area contributed by atoms with Crippen molar-refractivity contribution in [2.45, 2.75) is 46.5 Å². The molecule has 0 saturated carbocycles. The molecule has 90 valence electrons. The van der Waals surface area contributed by atoms with Gasteiger partial charge in [-0.2, -0.15) is 0 Å². The van der Waals surface area contributed by atoms with Gasteiger partial charge in [-0.05, 0) is 37.3 Å². The average molecular weight is 219 g/mol. The summed E-state index contributed by atoms with van der Waals surface area (Å²) >= 11 is 0. The van der Waals surface area contributed by atoms with Gasteiger partial charge in [0.15, 0.2) is 0 Å². The van der Waals surface area contributed by atoms with Crippen LogP contribution in [0.15, 0.2) is 0 Å². The third kappa shape index (κ3) is 3.13. The molecule has 0 N–H and O–H groups in total. The molecule has 1 heterocycles. The van der Waals surface area contributed by atoms with Crippen LogP contribution in [-0.4, -0.2) is 31.0 Å². The Morgan fingerprint density at radius 1 is 1.20 bits per heavy atom. The van der Waals surface area contributed by atoms with Crippen LogP contribution in [0, 0.1) is 11.3 Å². The van der Waals surface area contributed by atoms with Gasteiger partial charge in [-0.3, -0.25) is 4.90 Å². The fraction of sp³-hybridized carbons (Fsp3) is 1.00. The van der Waals surface area contributed by atoms with E-state index in [1.165, 1.54) is 6.42 Å². The van der Waals surface area contributed by atoms with Crippen LogP contribution in [-0.2, 0) is 0 Å². The summed E-state index contributed by atoms with van der Waals surface area (Å²) in [5.41, 5.74) is 0.401. The van der Waals surface area contributed by atoms with Gasteiger partial charge < -0.3 is 0 Å². The van der Waals surface area contributed by atoms with Crippen molar-refractivity contribution in [3.05, 3.63) is 0 Å². The molecule has 0 amide bonds. The number of hydrogen-bond acceptors (Lipinski definition) is 1. The highest BCUT2D eigenvalue weighted by Crippen LogP contribution is 2.41. The van der Waals surface area contributed by atoms with Crippen molar-refractivity contribution in [3.8, 4) is 0 Å². The van der Waals surface area contributed by atoms with Crippen molar-refractivity contribution in [1.29, 1.82) is 0 Å². The molecule has 1 fully saturated rings. The lowest BCUT2D eigenvalue weighted by atomic mass is 9.68. The van der Waals surface area contributed by atoms with E-state index in [4.69, 9.17) is 0 Å². The molecule has 1 saturated heterocycles. The zero-order chi connectivity index (χ0) is 11.5. The van der Waals surface area contributed by atoms with Gasteiger partial charge in [0.1, 0.15) is 0 Å². The summed E-state index contributed by atoms with van der Waals surface area (Å²) in [5, 5.41) is 0. The van der Waals surface area contributed by atoms with Crippen LogP contribution in [0.5, 0.6) is 0 Å². The fourth-order valence-corrected chi connectivity index (χ4v) is 2.72. The first-order valence-electron chi connectivity index (χ1n) is 6.00. The molecule has 0 aromatic carbocycles. The largest absolute Gasteiger partial charge is 0.298 e. The first kappa shape index (κ1) is 12.9. The quantitative estimate of drug-likeness (QED) is 0.700. The summed E-state index contributed by atoms with van der Waals surface area (Å²) in [6.45, 7) is 8.38. The maximum atomic E-state index is 12.2. The van der Waals surface area contributed by atoms with Gasteiger partial charge in [-0.15, -0.1) is 0 Å². The van der Waals surface area contributed by atoms with E-state index in [0.717, 1.165) is 25.9 Å². The molecule has 0 unspecified atom stereocenters.